The van der Waals surface area contributed by atoms with Crippen LogP contribution >= 0.6 is 12.2 Å². The summed E-state index contributed by atoms with van der Waals surface area (Å²) in [6.45, 7) is 1.65. The fourth-order valence-electron chi connectivity index (χ4n) is 2.90. The van der Waals surface area contributed by atoms with Crippen LogP contribution in [0.2, 0.25) is 0 Å². The summed E-state index contributed by atoms with van der Waals surface area (Å²) in [4.78, 5) is 16.8. The first-order valence-corrected chi connectivity index (χ1v) is 7.84. The maximum absolute atomic E-state index is 11.4. The molecule has 0 saturated carbocycles. The van der Waals surface area contributed by atoms with Gasteiger partial charge in [0.2, 0.25) is 5.91 Å². The monoisotopic (exact) mass is 314 g/mol. The predicted octanol–water partition coefficient (Wildman–Crippen LogP) is 2.23. The minimum Gasteiger partial charge on any atom is -0.393 e. The van der Waals surface area contributed by atoms with E-state index in [4.69, 9.17) is 12.2 Å². The number of nitrogens with zero attached hydrogens (tertiary/aromatic N) is 1. The number of carbonyl (C=O) groups excluding carboxylic acids is 1. The number of aromatic nitrogens is 1. The number of amides is 1. The van der Waals surface area contributed by atoms with Crippen LogP contribution in [-0.4, -0.2) is 33.0 Å². The zero-order chi connectivity index (χ0) is 15.7. The molecule has 0 bridgehead atoms. The van der Waals surface area contributed by atoms with E-state index >= 15 is 0 Å². The van der Waals surface area contributed by atoms with Crippen molar-refractivity contribution in [3.63, 3.8) is 0 Å². The second-order valence-electron chi connectivity index (χ2n) is 5.73. The Hall–Kier alpha value is -1.85. The molecule has 1 aromatic carbocycles. The highest BCUT2D eigenvalue weighted by atomic mass is 32.1. The van der Waals surface area contributed by atoms with Crippen LogP contribution in [0.4, 0.5) is 0 Å². The number of hydrogen-bond donors (Lipinski definition) is 2. The Morgan fingerprint density at radius 2 is 2.14 bits per heavy atom. The molecule has 5 heteroatoms. The maximum Gasteiger partial charge on any atom is 0.228 e. The van der Waals surface area contributed by atoms with E-state index in [2.05, 4.69) is 10.3 Å². The summed E-state index contributed by atoms with van der Waals surface area (Å²) >= 11 is 5.47. The van der Waals surface area contributed by atoms with Gasteiger partial charge >= 0.3 is 0 Å². The van der Waals surface area contributed by atoms with E-state index in [0.717, 1.165) is 27.9 Å². The summed E-state index contributed by atoms with van der Waals surface area (Å²) in [7, 11) is 0. The molecule has 3 rings (SSSR count). The molecule has 2 aromatic rings. The average molecular weight is 314 g/mol. The van der Waals surface area contributed by atoms with Crippen LogP contribution in [0.15, 0.2) is 36.4 Å². The quantitative estimate of drug-likeness (QED) is 0.505. The first-order valence-electron chi connectivity index (χ1n) is 7.43. The minimum absolute atomic E-state index is 0.00547. The maximum atomic E-state index is 11.4. The molecule has 0 spiro atoms. The van der Waals surface area contributed by atoms with E-state index in [1.165, 1.54) is 0 Å². The molecule has 2 N–H and O–H groups in total. The van der Waals surface area contributed by atoms with E-state index < -0.39 is 6.10 Å². The third-order valence-electron chi connectivity index (χ3n) is 4.15. The van der Waals surface area contributed by atoms with E-state index in [9.17, 15) is 9.90 Å². The number of aliphatic hydroxyl groups is 1. The number of carbonyl (C=O) groups is 1. The third kappa shape index (κ3) is 2.87. The van der Waals surface area contributed by atoms with Gasteiger partial charge in [-0.1, -0.05) is 36.5 Å². The van der Waals surface area contributed by atoms with Gasteiger partial charge in [0.15, 0.2) is 0 Å². The standard InChI is InChI=1S/C17H18N2O2S/c1-10(20)16-14(19-17(16)21)8-9-15(22)13-7-6-11-4-2-3-5-12(11)18-13/h2-7,10,14,16,20H,8-9H2,1H3,(H,19,21)/t10-,14+,16-/m1/s1. The lowest BCUT2D eigenvalue weighted by atomic mass is 9.83. The molecular weight excluding hydrogens is 296 g/mol. The second-order valence-corrected chi connectivity index (χ2v) is 6.23. The molecule has 1 saturated heterocycles. The van der Waals surface area contributed by atoms with Gasteiger partial charge in [0.05, 0.1) is 23.2 Å². The summed E-state index contributed by atoms with van der Waals surface area (Å²) in [6.07, 6.45) is 0.787. The summed E-state index contributed by atoms with van der Waals surface area (Å²) in [5.74, 6) is -0.387. The smallest absolute Gasteiger partial charge is 0.228 e. The normalized spacial score (nSPS) is 22.0. The summed E-state index contributed by atoms with van der Waals surface area (Å²) in [5.41, 5.74) is 1.74. The number of thiocarbonyl (C=S) groups is 1. The number of β-lactam (4-membered cyclic amide) rings is 1. The molecule has 1 amide bonds. The molecule has 2 heterocycles. The van der Waals surface area contributed by atoms with Crippen molar-refractivity contribution in [2.75, 3.05) is 0 Å². The molecule has 0 aliphatic carbocycles. The highest BCUT2D eigenvalue weighted by Crippen LogP contribution is 2.24. The van der Waals surface area contributed by atoms with Crippen molar-refractivity contribution >= 4 is 33.9 Å². The van der Waals surface area contributed by atoms with Gasteiger partial charge < -0.3 is 10.4 Å². The Bertz CT molecular complexity index is 729. The highest BCUT2D eigenvalue weighted by Gasteiger charge is 2.41. The fraction of sp³-hybridized carbons (Fsp3) is 0.353. The topological polar surface area (TPSA) is 62.2 Å². The van der Waals surface area contributed by atoms with Gasteiger partial charge in [0, 0.05) is 16.3 Å². The summed E-state index contributed by atoms with van der Waals surface area (Å²) in [5, 5.41) is 13.5. The number of aliphatic hydroxyl groups excluding tert-OH is 1. The number of pyridine rings is 1. The molecule has 1 aromatic heterocycles. The molecule has 1 aliphatic rings. The fourth-order valence-corrected chi connectivity index (χ4v) is 3.13. The summed E-state index contributed by atoms with van der Waals surface area (Å²) < 4.78 is 0. The Kier molecular flexibility index (Phi) is 4.18. The van der Waals surface area contributed by atoms with Crippen LogP contribution in [0.3, 0.4) is 0 Å². The van der Waals surface area contributed by atoms with Crippen molar-refractivity contribution in [3.8, 4) is 0 Å². The number of para-hydroxylation sites is 1. The van der Waals surface area contributed by atoms with Crippen molar-refractivity contribution < 1.29 is 9.90 Å². The van der Waals surface area contributed by atoms with E-state index in [-0.39, 0.29) is 17.9 Å². The first kappa shape index (κ1) is 15.1. The predicted molar refractivity (Wildman–Crippen MR) is 89.8 cm³/mol. The van der Waals surface area contributed by atoms with Crippen molar-refractivity contribution in [3.05, 3.63) is 42.1 Å². The molecule has 0 unspecified atom stereocenters. The Morgan fingerprint density at radius 3 is 2.86 bits per heavy atom. The van der Waals surface area contributed by atoms with Crippen LogP contribution in [-0.2, 0) is 4.79 Å². The van der Waals surface area contributed by atoms with Crippen molar-refractivity contribution in [1.82, 2.24) is 10.3 Å². The lowest BCUT2D eigenvalue weighted by molar-refractivity contribution is -0.140. The molecule has 0 radical (unpaired) electrons. The number of fused-ring (bicyclic) bond motifs is 1. The largest absolute Gasteiger partial charge is 0.393 e. The Morgan fingerprint density at radius 1 is 1.36 bits per heavy atom. The average Bonchev–Trinajstić information content (AvgIpc) is 2.49. The molecule has 22 heavy (non-hydrogen) atoms. The molecule has 1 fully saturated rings. The van der Waals surface area contributed by atoms with Crippen molar-refractivity contribution in [2.45, 2.75) is 31.9 Å². The zero-order valence-corrected chi connectivity index (χ0v) is 13.1. The van der Waals surface area contributed by atoms with Gasteiger partial charge in [-0.3, -0.25) is 4.79 Å². The lowest BCUT2D eigenvalue weighted by Gasteiger charge is -2.38. The number of hydrogen-bond acceptors (Lipinski definition) is 4. The van der Waals surface area contributed by atoms with E-state index in [1.54, 1.807) is 6.92 Å². The second kappa shape index (κ2) is 6.10. The lowest BCUT2D eigenvalue weighted by Crippen LogP contribution is -2.61. The molecule has 4 nitrogen and oxygen atoms in total. The van der Waals surface area contributed by atoms with Gasteiger partial charge in [-0.25, -0.2) is 4.98 Å². The van der Waals surface area contributed by atoms with Crippen LogP contribution in [0.5, 0.6) is 0 Å². The van der Waals surface area contributed by atoms with Gasteiger partial charge in [0.1, 0.15) is 0 Å². The van der Waals surface area contributed by atoms with Crippen LogP contribution in [0.25, 0.3) is 10.9 Å². The zero-order valence-electron chi connectivity index (χ0n) is 12.3. The van der Waals surface area contributed by atoms with Crippen LogP contribution in [0.1, 0.15) is 25.5 Å². The number of rotatable bonds is 5. The van der Waals surface area contributed by atoms with Gasteiger partial charge in [-0.2, -0.15) is 0 Å². The van der Waals surface area contributed by atoms with E-state index in [1.807, 2.05) is 36.4 Å². The molecule has 114 valence electrons. The van der Waals surface area contributed by atoms with Gasteiger partial charge in [-0.05, 0) is 31.9 Å². The first-order chi connectivity index (χ1) is 10.6. The number of nitrogens with one attached hydrogen (secondary N) is 1. The summed E-state index contributed by atoms with van der Waals surface area (Å²) in [6, 6.07) is 11.9. The third-order valence-corrected chi connectivity index (χ3v) is 4.56. The molecule has 1 aliphatic heterocycles. The van der Waals surface area contributed by atoms with Crippen LogP contribution < -0.4 is 5.32 Å². The highest BCUT2D eigenvalue weighted by molar-refractivity contribution is 7.80. The van der Waals surface area contributed by atoms with Crippen LogP contribution in [0, 0.1) is 5.92 Å². The molecular formula is C17H18N2O2S. The van der Waals surface area contributed by atoms with Gasteiger partial charge in [-0.15, -0.1) is 0 Å². The Balaban J connectivity index is 1.65. The van der Waals surface area contributed by atoms with Crippen molar-refractivity contribution in [1.29, 1.82) is 0 Å². The Labute approximate surface area is 134 Å². The van der Waals surface area contributed by atoms with Gasteiger partial charge in [0.25, 0.3) is 0 Å². The minimum atomic E-state index is -0.619. The number of benzene rings is 1. The van der Waals surface area contributed by atoms with Crippen molar-refractivity contribution in [2.24, 2.45) is 5.92 Å². The SMILES string of the molecule is C[C@@H](O)[C@H]1C(=O)N[C@H]1CCC(=S)c1ccc2ccccc2n1. The van der Waals surface area contributed by atoms with E-state index in [0.29, 0.717) is 6.42 Å². The molecule has 3 atom stereocenters.